The molecule has 0 radical (unpaired) electrons. The molecule has 1 atom stereocenters. The second kappa shape index (κ2) is 8.22. The number of nitrogens with one attached hydrogen (secondary N) is 1. The molecule has 0 aliphatic carbocycles. The van der Waals surface area contributed by atoms with Crippen molar-refractivity contribution in [2.24, 2.45) is 11.1 Å². The number of hydrogen-bond acceptors (Lipinski definition) is 6. The van der Waals surface area contributed by atoms with Crippen molar-refractivity contribution in [2.75, 3.05) is 0 Å². The van der Waals surface area contributed by atoms with E-state index in [1.807, 2.05) is 4.72 Å². The summed E-state index contributed by atoms with van der Waals surface area (Å²) in [7, 11) is -4.07. The zero-order chi connectivity index (χ0) is 21.1. The maximum absolute atomic E-state index is 12.5. The Bertz CT molecular complexity index is 1000. The van der Waals surface area contributed by atoms with Crippen LogP contribution in [-0.2, 0) is 14.8 Å². The Morgan fingerprint density at radius 1 is 1.04 bits per heavy atom. The zero-order valence-electron chi connectivity index (χ0n) is 15.2. The van der Waals surface area contributed by atoms with Gasteiger partial charge < -0.3 is 10.5 Å². The van der Waals surface area contributed by atoms with Crippen molar-refractivity contribution in [2.45, 2.75) is 24.8 Å². The van der Waals surface area contributed by atoms with Crippen molar-refractivity contribution >= 4 is 39.6 Å². The number of sulfonamides is 1. The van der Waals surface area contributed by atoms with Crippen LogP contribution in [-0.4, -0.2) is 32.4 Å². The fourth-order valence-corrected chi connectivity index (χ4v) is 3.42. The van der Waals surface area contributed by atoms with Gasteiger partial charge in [-0.15, -0.1) is 0 Å². The first-order chi connectivity index (χ1) is 13.0. The van der Waals surface area contributed by atoms with Crippen LogP contribution in [0.15, 0.2) is 53.4 Å². The van der Waals surface area contributed by atoms with Gasteiger partial charge in [0.15, 0.2) is 5.78 Å². The van der Waals surface area contributed by atoms with Crippen LogP contribution in [0.2, 0.25) is 5.02 Å². The number of Topliss-reactive ketones (excluding diaryl/α,β-unsaturated/α-hetero) is 1. The lowest BCUT2D eigenvalue weighted by Gasteiger charge is -2.26. The van der Waals surface area contributed by atoms with Crippen LogP contribution in [0.3, 0.4) is 0 Å². The Balaban J connectivity index is 2.19. The second-order valence-electron chi connectivity index (χ2n) is 6.68. The van der Waals surface area contributed by atoms with E-state index in [2.05, 4.69) is 0 Å². The van der Waals surface area contributed by atoms with E-state index in [9.17, 15) is 22.8 Å². The lowest BCUT2D eigenvalue weighted by molar-refractivity contribution is -0.110. The zero-order valence-corrected chi connectivity index (χ0v) is 16.8. The third kappa shape index (κ3) is 4.64. The van der Waals surface area contributed by atoms with Crippen molar-refractivity contribution in [3.63, 3.8) is 0 Å². The summed E-state index contributed by atoms with van der Waals surface area (Å²) in [5, 5.41) is 0.364. The molecule has 9 heteroatoms. The Morgan fingerprint density at radius 3 is 2.04 bits per heavy atom. The van der Waals surface area contributed by atoms with Crippen LogP contribution < -0.4 is 10.5 Å². The van der Waals surface area contributed by atoms with E-state index < -0.39 is 27.4 Å². The number of halogens is 1. The van der Waals surface area contributed by atoms with Gasteiger partial charge in [0.1, 0.15) is 6.29 Å². The Morgan fingerprint density at radius 2 is 1.54 bits per heavy atom. The lowest BCUT2D eigenvalue weighted by Crippen LogP contribution is -2.44. The first-order valence-corrected chi connectivity index (χ1v) is 10.0. The number of carbonyl (C=O) groups is 3. The van der Waals surface area contributed by atoms with Crippen molar-refractivity contribution in [1.82, 2.24) is 4.72 Å². The molecule has 2 aromatic rings. The van der Waals surface area contributed by atoms with Crippen LogP contribution in [0.25, 0.3) is 0 Å². The van der Waals surface area contributed by atoms with Crippen LogP contribution in [0, 0.1) is 5.41 Å². The topological polar surface area (TPSA) is 123 Å². The molecule has 0 fully saturated rings. The van der Waals surface area contributed by atoms with Crippen LogP contribution in [0.4, 0.5) is 0 Å². The standard InChI is InChI=1S/C19H19ClN2O5S/c1-19(2,16(21)11-23)17(24)12-3-5-13(6-4-12)18(25)22-28(26,27)15-9-7-14(20)8-10-15/h3-11,16H,21H2,1-2H3,(H,22,25)/t16-/m1/s1. The first kappa shape index (κ1) is 21.7. The highest BCUT2D eigenvalue weighted by Crippen LogP contribution is 2.24. The van der Waals surface area contributed by atoms with Gasteiger partial charge in [0, 0.05) is 21.6 Å². The predicted octanol–water partition coefficient (Wildman–Crippen LogP) is 2.19. The third-order valence-corrected chi connectivity index (χ3v) is 5.92. The summed E-state index contributed by atoms with van der Waals surface area (Å²) in [6.07, 6.45) is 0.501. The molecular formula is C19H19ClN2O5S. The number of amides is 1. The Hall–Kier alpha value is -2.55. The highest BCUT2D eigenvalue weighted by atomic mass is 35.5. The average Bonchev–Trinajstić information content (AvgIpc) is 2.66. The van der Waals surface area contributed by atoms with Gasteiger partial charge in [0.05, 0.1) is 10.9 Å². The van der Waals surface area contributed by atoms with Gasteiger partial charge in [-0.1, -0.05) is 37.6 Å². The van der Waals surface area contributed by atoms with Gasteiger partial charge >= 0.3 is 0 Å². The van der Waals surface area contributed by atoms with E-state index in [0.717, 1.165) is 0 Å². The fourth-order valence-electron chi connectivity index (χ4n) is 2.32. The maximum Gasteiger partial charge on any atom is 0.264 e. The molecule has 2 aromatic carbocycles. The highest BCUT2D eigenvalue weighted by molar-refractivity contribution is 7.90. The largest absolute Gasteiger partial charge is 0.321 e. The molecule has 148 valence electrons. The van der Waals surface area contributed by atoms with Gasteiger partial charge in [-0.2, -0.15) is 0 Å². The molecule has 3 N–H and O–H groups in total. The van der Waals surface area contributed by atoms with E-state index in [1.54, 1.807) is 13.8 Å². The number of benzene rings is 2. The fraction of sp³-hybridized carbons (Fsp3) is 0.211. The summed E-state index contributed by atoms with van der Waals surface area (Å²) in [5.41, 5.74) is 4.85. The molecule has 0 saturated carbocycles. The quantitative estimate of drug-likeness (QED) is 0.520. The SMILES string of the molecule is CC(C)(C(=O)c1ccc(C(=O)NS(=O)(=O)c2ccc(Cl)cc2)cc1)[C@H](N)C=O. The van der Waals surface area contributed by atoms with E-state index in [0.29, 0.717) is 11.3 Å². The minimum Gasteiger partial charge on any atom is -0.321 e. The molecule has 0 unspecified atom stereocenters. The number of rotatable bonds is 7. The Labute approximate surface area is 167 Å². The molecule has 7 nitrogen and oxygen atoms in total. The van der Waals surface area contributed by atoms with Crippen molar-refractivity contribution < 1.29 is 22.8 Å². The molecule has 0 bridgehead atoms. The number of nitrogens with two attached hydrogens (primary N) is 1. The van der Waals surface area contributed by atoms with Crippen molar-refractivity contribution in [1.29, 1.82) is 0 Å². The summed E-state index contributed by atoms with van der Waals surface area (Å²) < 4.78 is 26.5. The average molecular weight is 423 g/mol. The Kier molecular flexibility index (Phi) is 6.38. The highest BCUT2D eigenvalue weighted by Gasteiger charge is 2.35. The maximum atomic E-state index is 12.5. The second-order valence-corrected chi connectivity index (χ2v) is 8.80. The number of aldehydes is 1. The van der Waals surface area contributed by atoms with Crippen LogP contribution in [0.1, 0.15) is 34.6 Å². The van der Waals surface area contributed by atoms with Gasteiger partial charge in [0.2, 0.25) is 0 Å². The van der Waals surface area contributed by atoms with E-state index >= 15 is 0 Å². The summed E-state index contributed by atoms with van der Waals surface area (Å²) >= 11 is 5.73. The molecule has 0 saturated heterocycles. The van der Waals surface area contributed by atoms with Crippen LogP contribution in [0.5, 0.6) is 0 Å². The van der Waals surface area contributed by atoms with Gasteiger partial charge in [0.25, 0.3) is 15.9 Å². The van der Waals surface area contributed by atoms with Gasteiger partial charge in [-0.25, -0.2) is 13.1 Å². The molecule has 1 amide bonds. The molecule has 0 heterocycles. The number of hydrogen-bond donors (Lipinski definition) is 2. The minimum absolute atomic E-state index is 0.0478. The van der Waals surface area contributed by atoms with Gasteiger partial charge in [-0.05, 0) is 36.4 Å². The predicted molar refractivity (Wildman–Crippen MR) is 105 cm³/mol. The number of ketones is 1. The smallest absolute Gasteiger partial charge is 0.264 e. The molecule has 0 aromatic heterocycles. The van der Waals surface area contributed by atoms with E-state index in [4.69, 9.17) is 17.3 Å². The molecule has 2 rings (SSSR count). The van der Waals surface area contributed by atoms with Crippen molar-refractivity contribution in [3.05, 3.63) is 64.7 Å². The molecule has 0 spiro atoms. The van der Waals surface area contributed by atoms with Gasteiger partial charge in [-0.3, -0.25) is 9.59 Å². The van der Waals surface area contributed by atoms with Crippen molar-refractivity contribution in [3.8, 4) is 0 Å². The summed E-state index contributed by atoms with van der Waals surface area (Å²) in [4.78, 5) is 35.6. The molecule has 0 aliphatic heterocycles. The summed E-state index contributed by atoms with van der Waals surface area (Å²) in [6.45, 7) is 3.10. The lowest BCUT2D eigenvalue weighted by atomic mass is 9.78. The monoisotopic (exact) mass is 422 g/mol. The minimum atomic E-state index is -4.07. The first-order valence-electron chi connectivity index (χ1n) is 8.17. The number of carbonyl (C=O) groups excluding carboxylic acids is 3. The summed E-state index contributed by atoms with van der Waals surface area (Å²) in [6, 6.07) is 9.77. The normalized spacial score (nSPS) is 12.9. The molecule has 28 heavy (non-hydrogen) atoms. The van der Waals surface area contributed by atoms with E-state index in [-0.39, 0.29) is 21.8 Å². The third-order valence-electron chi connectivity index (χ3n) is 4.33. The molecule has 0 aliphatic rings. The van der Waals surface area contributed by atoms with E-state index in [1.165, 1.54) is 48.5 Å². The molecular weight excluding hydrogens is 404 g/mol. The summed E-state index contributed by atoms with van der Waals surface area (Å²) in [5.74, 6) is -1.22. The van der Waals surface area contributed by atoms with Crippen LogP contribution >= 0.6 is 11.6 Å².